The highest BCUT2D eigenvalue weighted by Crippen LogP contribution is 2.11. The van der Waals surface area contributed by atoms with E-state index in [2.05, 4.69) is 31.9 Å². The van der Waals surface area contributed by atoms with E-state index in [9.17, 15) is 0 Å². The molecule has 1 N–H and O–H groups in total. The van der Waals surface area contributed by atoms with Crippen molar-refractivity contribution >= 4 is 11.3 Å². The number of hydrogen-bond donors (Lipinski definition) is 1. The Balaban J connectivity index is 1.87. The lowest BCUT2D eigenvalue weighted by atomic mass is 10.2. The second-order valence-electron chi connectivity index (χ2n) is 2.86. The van der Waals surface area contributed by atoms with Crippen molar-refractivity contribution in [3.05, 3.63) is 28.8 Å². The molecule has 2 aromatic heterocycles. The van der Waals surface area contributed by atoms with Crippen LogP contribution in [0.2, 0.25) is 0 Å². The van der Waals surface area contributed by atoms with Gasteiger partial charge in [-0.1, -0.05) is 5.16 Å². The van der Waals surface area contributed by atoms with Gasteiger partial charge in [-0.3, -0.25) is 0 Å². The highest BCUT2D eigenvalue weighted by molar-refractivity contribution is 7.07. The smallest absolute Gasteiger partial charge is 0.213 e. The molecule has 6 heteroatoms. The number of hydrogen-bond acceptors (Lipinski definition) is 6. The minimum Gasteiger partial charge on any atom is -0.343 e. The van der Waals surface area contributed by atoms with E-state index >= 15 is 0 Å². The summed E-state index contributed by atoms with van der Waals surface area (Å²) in [7, 11) is 0. The van der Waals surface area contributed by atoms with Gasteiger partial charge in [-0.25, -0.2) is 4.98 Å². The van der Waals surface area contributed by atoms with E-state index in [0.29, 0.717) is 12.4 Å². The van der Waals surface area contributed by atoms with Crippen LogP contribution in [0.1, 0.15) is 24.5 Å². The number of thiazole rings is 1. The van der Waals surface area contributed by atoms with E-state index in [1.807, 2.05) is 10.9 Å². The third kappa shape index (κ3) is 2.15. The van der Waals surface area contributed by atoms with Crippen LogP contribution >= 0.6 is 11.3 Å². The molecule has 74 valence electrons. The first kappa shape index (κ1) is 9.29. The maximum Gasteiger partial charge on any atom is 0.213 e. The Hall–Kier alpha value is -1.27. The summed E-state index contributed by atoms with van der Waals surface area (Å²) < 4.78 is 4.62. The lowest BCUT2D eigenvalue weighted by molar-refractivity contribution is 0.404. The Labute approximate surface area is 85.2 Å². The molecule has 0 saturated heterocycles. The summed E-state index contributed by atoms with van der Waals surface area (Å²) in [5.41, 5.74) is 2.86. The fourth-order valence-electron chi connectivity index (χ4n) is 1.05. The summed E-state index contributed by atoms with van der Waals surface area (Å²) in [5, 5.41) is 8.97. The minimum atomic E-state index is 0.208. The van der Waals surface area contributed by atoms with E-state index in [0.717, 1.165) is 5.69 Å². The molecule has 0 amide bonds. The van der Waals surface area contributed by atoms with Gasteiger partial charge in [0, 0.05) is 11.4 Å². The van der Waals surface area contributed by atoms with Crippen LogP contribution in [0.15, 0.2) is 21.8 Å². The van der Waals surface area contributed by atoms with Gasteiger partial charge in [-0.05, 0) is 6.92 Å². The Bertz CT molecular complexity index is 359. The maximum atomic E-state index is 4.62. The van der Waals surface area contributed by atoms with E-state index in [4.69, 9.17) is 0 Å². The van der Waals surface area contributed by atoms with Crippen LogP contribution in [0.4, 0.5) is 0 Å². The van der Waals surface area contributed by atoms with Crippen molar-refractivity contribution in [2.24, 2.45) is 0 Å². The minimum absolute atomic E-state index is 0.208. The second kappa shape index (κ2) is 4.30. The molecular weight excluding hydrogens is 200 g/mol. The van der Waals surface area contributed by atoms with Crippen LogP contribution in [-0.2, 0) is 6.54 Å². The van der Waals surface area contributed by atoms with Gasteiger partial charge >= 0.3 is 0 Å². The molecule has 0 spiro atoms. The number of nitrogens with zero attached hydrogens (tertiary/aromatic N) is 3. The molecule has 2 rings (SSSR count). The summed E-state index contributed by atoms with van der Waals surface area (Å²) in [5.74, 6) is 0.659. The summed E-state index contributed by atoms with van der Waals surface area (Å²) in [6, 6.07) is 0.208. The van der Waals surface area contributed by atoms with Crippen molar-refractivity contribution in [3.8, 4) is 0 Å². The molecule has 0 aromatic carbocycles. The molecule has 2 aromatic rings. The Kier molecular flexibility index (Phi) is 2.85. The predicted molar refractivity (Wildman–Crippen MR) is 51.7 cm³/mol. The molecule has 5 nitrogen and oxygen atoms in total. The topological polar surface area (TPSA) is 63.8 Å². The lowest BCUT2D eigenvalue weighted by Gasteiger charge is -2.08. The van der Waals surface area contributed by atoms with Gasteiger partial charge in [0.25, 0.3) is 0 Å². The SMILES string of the molecule is CC(NCc1ncon1)c1cscn1. The summed E-state index contributed by atoms with van der Waals surface area (Å²) in [6.07, 6.45) is 1.32. The van der Waals surface area contributed by atoms with Gasteiger partial charge in [0.05, 0.1) is 17.7 Å². The molecular formula is C8H10N4OS. The molecule has 1 unspecified atom stereocenters. The molecule has 14 heavy (non-hydrogen) atoms. The van der Waals surface area contributed by atoms with Gasteiger partial charge in [0.15, 0.2) is 5.82 Å². The molecule has 0 aliphatic carbocycles. The molecule has 2 heterocycles. The average molecular weight is 210 g/mol. The van der Waals surface area contributed by atoms with Crippen molar-refractivity contribution < 1.29 is 4.52 Å². The highest BCUT2D eigenvalue weighted by atomic mass is 32.1. The first-order valence-corrected chi connectivity index (χ1v) is 5.17. The molecule has 0 aliphatic rings. The molecule has 0 saturated carbocycles. The van der Waals surface area contributed by atoms with Crippen LogP contribution in [0.5, 0.6) is 0 Å². The maximum absolute atomic E-state index is 4.62. The normalized spacial score (nSPS) is 12.9. The number of nitrogens with one attached hydrogen (secondary N) is 1. The zero-order chi connectivity index (χ0) is 9.80. The van der Waals surface area contributed by atoms with Gasteiger partial charge in [0.1, 0.15) is 0 Å². The molecule has 0 aliphatic heterocycles. The monoisotopic (exact) mass is 210 g/mol. The summed E-state index contributed by atoms with van der Waals surface area (Å²) in [4.78, 5) is 8.12. The number of aromatic nitrogens is 3. The fraction of sp³-hybridized carbons (Fsp3) is 0.375. The van der Waals surface area contributed by atoms with Crippen LogP contribution in [0.3, 0.4) is 0 Å². The van der Waals surface area contributed by atoms with Crippen molar-refractivity contribution in [2.45, 2.75) is 19.5 Å². The average Bonchev–Trinajstić information content (AvgIpc) is 2.87. The Morgan fingerprint density at radius 2 is 2.50 bits per heavy atom. The molecule has 0 bridgehead atoms. The van der Waals surface area contributed by atoms with Crippen LogP contribution in [-0.4, -0.2) is 15.1 Å². The standard InChI is InChI=1S/C8H10N4OS/c1-6(7-3-14-5-11-7)9-2-8-10-4-13-12-8/h3-6,9H,2H2,1H3. The van der Waals surface area contributed by atoms with Crippen LogP contribution in [0.25, 0.3) is 0 Å². The number of rotatable bonds is 4. The summed E-state index contributed by atoms with van der Waals surface area (Å²) in [6.45, 7) is 2.64. The van der Waals surface area contributed by atoms with E-state index in [-0.39, 0.29) is 6.04 Å². The van der Waals surface area contributed by atoms with Gasteiger partial charge in [-0.2, -0.15) is 4.98 Å². The van der Waals surface area contributed by atoms with Gasteiger partial charge < -0.3 is 9.84 Å². The predicted octanol–water partition coefficient (Wildman–Crippen LogP) is 1.38. The molecule has 1 atom stereocenters. The van der Waals surface area contributed by atoms with Gasteiger partial charge in [0.2, 0.25) is 6.39 Å². The van der Waals surface area contributed by atoms with Crippen molar-refractivity contribution in [1.82, 2.24) is 20.4 Å². The second-order valence-corrected chi connectivity index (χ2v) is 3.58. The first-order valence-electron chi connectivity index (χ1n) is 4.23. The van der Waals surface area contributed by atoms with E-state index in [1.54, 1.807) is 11.3 Å². The lowest BCUT2D eigenvalue weighted by Crippen LogP contribution is -2.18. The zero-order valence-corrected chi connectivity index (χ0v) is 8.49. The largest absolute Gasteiger partial charge is 0.343 e. The first-order chi connectivity index (χ1) is 6.86. The quantitative estimate of drug-likeness (QED) is 0.825. The van der Waals surface area contributed by atoms with Crippen molar-refractivity contribution in [3.63, 3.8) is 0 Å². The van der Waals surface area contributed by atoms with E-state index < -0.39 is 0 Å². The Morgan fingerprint density at radius 1 is 1.57 bits per heavy atom. The third-order valence-electron chi connectivity index (χ3n) is 1.87. The zero-order valence-electron chi connectivity index (χ0n) is 7.67. The summed E-state index contributed by atoms with van der Waals surface area (Å²) >= 11 is 1.59. The van der Waals surface area contributed by atoms with E-state index in [1.165, 1.54) is 6.39 Å². The van der Waals surface area contributed by atoms with Gasteiger partial charge in [-0.15, -0.1) is 11.3 Å². The van der Waals surface area contributed by atoms with Crippen molar-refractivity contribution in [2.75, 3.05) is 0 Å². The molecule has 0 fully saturated rings. The third-order valence-corrected chi connectivity index (χ3v) is 2.47. The highest BCUT2D eigenvalue weighted by Gasteiger charge is 2.07. The van der Waals surface area contributed by atoms with Crippen LogP contribution < -0.4 is 5.32 Å². The fourth-order valence-corrected chi connectivity index (χ4v) is 1.70. The Morgan fingerprint density at radius 3 is 3.14 bits per heavy atom. The van der Waals surface area contributed by atoms with Crippen LogP contribution in [0, 0.1) is 0 Å². The molecule has 0 radical (unpaired) electrons. The van der Waals surface area contributed by atoms with Crippen molar-refractivity contribution in [1.29, 1.82) is 0 Å².